The Bertz CT molecular complexity index is 1100. The molecule has 1 atom stereocenters. The zero-order valence-corrected chi connectivity index (χ0v) is 14.8. The maximum absolute atomic E-state index is 5.60. The van der Waals surface area contributed by atoms with Crippen molar-refractivity contribution in [3.8, 4) is 11.3 Å². The molecule has 26 heavy (non-hydrogen) atoms. The summed E-state index contributed by atoms with van der Waals surface area (Å²) < 4.78 is 7.65. The number of fused-ring (bicyclic) bond motifs is 2. The van der Waals surface area contributed by atoms with Crippen LogP contribution in [-0.2, 0) is 11.8 Å². The number of pyridine rings is 2. The third-order valence-corrected chi connectivity index (χ3v) is 5.09. The summed E-state index contributed by atoms with van der Waals surface area (Å²) in [4.78, 5) is 19.5. The topological polar surface area (TPSA) is 71.9 Å². The molecule has 1 N–H and O–H groups in total. The van der Waals surface area contributed by atoms with Crippen LogP contribution in [0.1, 0.15) is 6.92 Å². The van der Waals surface area contributed by atoms with Gasteiger partial charge in [-0.05, 0) is 19.1 Å². The molecular weight excluding hydrogens is 328 g/mol. The highest BCUT2D eigenvalue weighted by Gasteiger charge is 2.24. The summed E-state index contributed by atoms with van der Waals surface area (Å²) in [5.41, 5.74) is 4.94. The first-order valence-electron chi connectivity index (χ1n) is 8.80. The van der Waals surface area contributed by atoms with Gasteiger partial charge in [0.15, 0.2) is 5.82 Å². The molecule has 0 aromatic carbocycles. The van der Waals surface area contributed by atoms with Gasteiger partial charge < -0.3 is 19.2 Å². The van der Waals surface area contributed by atoms with Crippen molar-refractivity contribution in [1.82, 2.24) is 24.5 Å². The van der Waals surface area contributed by atoms with Gasteiger partial charge in [-0.1, -0.05) is 0 Å². The van der Waals surface area contributed by atoms with Crippen LogP contribution >= 0.6 is 0 Å². The highest BCUT2D eigenvalue weighted by molar-refractivity contribution is 5.97. The maximum Gasteiger partial charge on any atom is 0.157 e. The Kier molecular flexibility index (Phi) is 3.43. The first-order chi connectivity index (χ1) is 12.7. The van der Waals surface area contributed by atoms with E-state index in [4.69, 9.17) is 9.72 Å². The molecule has 1 saturated heterocycles. The number of anilines is 1. The van der Waals surface area contributed by atoms with Crippen molar-refractivity contribution in [2.75, 3.05) is 24.7 Å². The molecule has 4 aromatic rings. The summed E-state index contributed by atoms with van der Waals surface area (Å²) >= 11 is 0. The molecule has 0 aliphatic carbocycles. The van der Waals surface area contributed by atoms with Crippen molar-refractivity contribution in [1.29, 1.82) is 0 Å². The summed E-state index contributed by atoms with van der Waals surface area (Å²) in [5, 5.41) is 1.12. The van der Waals surface area contributed by atoms with Crippen molar-refractivity contribution in [3.05, 3.63) is 37.1 Å². The molecule has 0 bridgehead atoms. The van der Waals surface area contributed by atoms with E-state index >= 15 is 0 Å². The lowest BCUT2D eigenvalue weighted by atomic mass is 10.1. The van der Waals surface area contributed by atoms with Crippen LogP contribution < -0.4 is 4.90 Å². The molecule has 0 unspecified atom stereocenters. The van der Waals surface area contributed by atoms with Gasteiger partial charge in [0.1, 0.15) is 5.52 Å². The number of ether oxygens (including phenoxy) is 1. The van der Waals surface area contributed by atoms with Crippen LogP contribution in [0.3, 0.4) is 0 Å². The number of aryl methyl sites for hydroxylation is 1. The summed E-state index contributed by atoms with van der Waals surface area (Å²) in [5.74, 6) is 0.918. The van der Waals surface area contributed by atoms with Crippen molar-refractivity contribution in [2.45, 2.75) is 13.0 Å². The number of aromatic nitrogens is 5. The van der Waals surface area contributed by atoms with Gasteiger partial charge in [0.05, 0.1) is 48.5 Å². The Morgan fingerprint density at radius 3 is 3.12 bits per heavy atom. The van der Waals surface area contributed by atoms with E-state index in [-0.39, 0.29) is 6.04 Å². The predicted octanol–water partition coefficient (Wildman–Crippen LogP) is 2.74. The van der Waals surface area contributed by atoms with Crippen LogP contribution in [0.5, 0.6) is 0 Å². The third-order valence-electron chi connectivity index (χ3n) is 5.09. The van der Waals surface area contributed by atoms with Crippen molar-refractivity contribution in [3.63, 3.8) is 0 Å². The lowest BCUT2D eigenvalue weighted by Crippen LogP contribution is -2.44. The normalized spacial score (nSPS) is 18.1. The van der Waals surface area contributed by atoms with Crippen molar-refractivity contribution in [2.24, 2.45) is 7.05 Å². The van der Waals surface area contributed by atoms with Gasteiger partial charge in [-0.3, -0.25) is 4.98 Å². The average Bonchev–Trinajstić information content (AvgIpc) is 3.28. The van der Waals surface area contributed by atoms with E-state index in [2.05, 4.69) is 38.9 Å². The van der Waals surface area contributed by atoms with Crippen LogP contribution in [0, 0.1) is 0 Å². The smallest absolute Gasteiger partial charge is 0.157 e. The van der Waals surface area contributed by atoms with Gasteiger partial charge >= 0.3 is 0 Å². The van der Waals surface area contributed by atoms with E-state index in [9.17, 15) is 0 Å². The molecule has 0 spiro atoms. The zero-order valence-electron chi connectivity index (χ0n) is 14.8. The van der Waals surface area contributed by atoms with Gasteiger partial charge in [-0.2, -0.15) is 0 Å². The second-order valence-corrected chi connectivity index (χ2v) is 6.80. The highest BCUT2D eigenvalue weighted by Crippen LogP contribution is 2.33. The summed E-state index contributed by atoms with van der Waals surface area (Å²) in [7, 11) is 2.01. The molecule has 7 heteroatoms. The Morgan fingerprint density at radius 1 is 1.31 bits per heavy atom. The molecule has 0 saturated carbocycles. The molecule has 1 aliphatic rings. The highest BCUT2D eigenvalue weighted by atomic mass is 16.5. The Labute approximate surface area is 150 Å². The SMILES string of the molecule is C[C@@H]1COCCN1c1nc(-c2cncc3[nH]ccc23)cc2c1ncn2C. The van der Waals surface area contributed by atoms with Crippen LogP contribution in [0.4, 0.5) is 5.82 Å². The number of nitrogens with one attached hydrogen (secondary N) is 1. The summed E-state index contributed by atoms with van der Waals surface area (Å²) in [6.07, 6.45) is 7.50. The Hall–Kier alpha value is -2.93. The van der Waals surface area contributed by atoms with E-state index < -0.39 is 0 Å². The minimum absolute atomic E-state index is 0.262. The monoisotopic (exact) mass is 348 g/mol. The molecule has 0 radical (unpaired) electrons. The van der Waals surface area contributed by atoms with Crippen LogP contribution in [0.15, 0.2) is 37.1 Å². The van der Waals surface area contributed by atoms with E-state index in [1.807, 2.05) is 36.5 Å². The number of imidazole rings is 1. The fraction of sp³-hybridized carbons (Fsp3) is 0.316. The van der Waals surface area contributed by atoms with Crippen molar-refractivity contribution < 1.29 is 4.74 Å². The van der Waals surface area contributed by atoms with Gasteiger partial charge in [0.25, 0.3) is 0 Å². The number of hydrogen-bond acceptors (Lipinski definition) is 5. The first-order valence-corrected chi connectivity index (χ1v) is 8.80. The average molecular weight is 348 g/mol. The molecule has 1 fully saturated rings. The fourth-order valence-electron chi connectivity index (χ4n) is 3.68. The second kappa shape index (κ2) is 5.81. The van der Waals surface area contributed by atoms with E-state index in [0.29, 0.717) is 13.2 Å². The van der Waals surface area contributed by atoms with Crippen LogP contribution in [-0.4, -0.2) is 50.3 Å². The minimum atomic E-state index is 0.262. The number of aromatic amines is 1. The fourth-order valence-corrected chi connectivity index (χ4v) is 3.68. The molecule has 0 amide bonds. The molecule has 132 valence electrons. The third kappa shape index (κ3) is 2.28. The quantitative estimate of drug-likeness (QED) is 0.603. The molecule has 4 aromatic heterocycles. The molecule has 5 heterocycles. The van der Waals surface area contributed by atoms with Crippen LogP contribution in [0.25, 0.3) is 33.2 Å². The van der Waals surface area contributed by atoms with Crippen LogP contribution in [0.2, 0.25) is 0 Å². The largest absolute Gasteiger partial charge is 0.377 e. The lowest BCUT2D eigenvalue weighted by molar-refractivity contribution is 0.0987. The second-order valence-electron chi connectivity index (χ2n) is 6.80. The van der Waals surface area contributed by atoms with E-state index in [1.54, 1.807) is 0 Å². The number of rotatable bonds is 2. The number of H-pyrrole nitrogens is 1. The zero-order chi connectivity index (χ0) is 17.7. The predicted molar refractivity (Wildman–Crippen MR) is 101 cm³/mol. The Balaban J connectivity index is 1.76. The number of hydrogen-bond donors (Lipinski definition) is 1. The van der Waals surface area contributed by atoms with Gasteiger partial charge in [0.2, 0.25) is 0 Å². The maximum atomic E-state index is 5.60. The first kappa shape index (κ1) is 15.3. The summed E-state index contributed by atoms with van der Waals surface area (Å²) in [6.45, 7) is 4.39. The molecule has 5 rings (SSSR count). The molecule has 7 nitrogen and oxygen atoms in total. The minimum Gasteiger partial charge on any atom is -0.377 e. The summed E-state index contributed by atoms with van der Waals surface area (Å²) in [6, 6.07) is 4.43. The van der Waals surface area contributed by atoms with E-state index in [1.165, 1.54) is 0 Å². The molecule has 1 aliphatic heterocycles. The molecular formula is C19H20N6O. The van der Waals surface area contributed by atoms with Gasteiger partial charge in [-0.15, -0.1) is 0 Å². The number of nitrogens with zero attached hydrogens (tertiary/aromatic N) is 5. The van der Waals surface area contributed by atoms with E-state index in [0.717, 1.165) is 45.6 Å². The Morgan fingerprint density at radius 2 is 2.23 bits per heavy atom. The lowest BCUT2D eigenvalue weighted by Gasteiger charge is -2.34. The standard InChI is InChI=1S/C19H20N6O/c1-12-10-26-6-5-25(12)19-18-17(24(2)11-22-18)7-15(23-19)14-8-20-9-16-13(14)3-4-21-16/h3-4,7-9,11-12,21H,5-6,10H2,1-2H3/t12-/m1/s1. The number of morpholine rings is 1. The van der Waals surface area contributed by atoms with Gasteiger partial charge in [-0.25, -0.2) is 9.97 Å². The van der Waals surface area contributed by atoms with Gasteiger partial charge in [0, 0.05) is 36.9 Å². The van der Waals surface area contributed by atoms with Crippen molar-refractivity contribution >= 4 is 27.8 Å².